The molecule has 0 aromatic carbocycles. The summed E-state index contributed by atoms with van der Waals surface area (Å²) in [5, 5.41) is 4.87. The molecule has 1 aromatic heterocycles. The SMILES string of the molecule is Cn1ncc(Cl)c1CCCC1(N)CC1. The first-order valence-corrected chi connectivity index (χ1v) is 5.44. The first kappa shape index (κ1) is 9.99. The van der Waals surface area contributed by atoms with Gasteiger partial charge in [0.05, 0.1) is 16.9 Å². The molecule has 0 bridgehead atoms. The molecule has 0 atom stereocenters. The predicted octanol–water partition coefficient (Wildman–Crippen LogP) is 1.89. The Hall–Kier alpha value is -0.540. The molecular weight excluding hydrogens is 198 g/mol. The van der Waals surface area contributed by atoms with Crippen molar-refractivity contribution in [3.63, 3.8) is 0 Å². The number of nitrogens with two attached hydrogens (primary N) is 1. The van der Waals surface area contributed by atoms with Gasteiger partial charge in [-0.15, -0.1) is 0 Å². The number of halogens is 1. The zero-order chi connectivity index (χ0) is 10.2. The van der Waals surface area contributed by atoms with Crippen LogP contribution in [0.1, 0.15) is 31.4 Å². The Morgan fingerprint density at radius 2 is 2.36 bits per heavy atom. The summed E-state index contributed by atoms with van der Waals surface area (Å²) < 4.78 is 1.85. The molecule has 0 radical (unpaired) electrons. The Kier molecular flexibility index (Phi) is 2.54. The highest BCUT2D eigenvalue weighted by atomic mass is 35.5. The van der Waals surface area contributed by atoms with Crippen LogP contribution in [0.25, 0.3) is 0 Å². The fraction of sp³-hybridized carbons (Fsp3) is 0.700. The van der Waals surface area contributed by atoms with Crippen LogP contribution in [0.3, 0.4) is 0 Å². The summed E-state index contributed by atoms with van der Waals surface area (Å²) in [6, 6.07) is 0. The molecule has 1 aromatic rings. The van der Waals surface area contributed by atoms with Crippen LogP contribution in [0.2, 0.25) is 5.02 Å². The highest BCUT2D eigenvalue weighted by molar-refractivity contribution is 6.31. The molecule has 2 N–H and O–H groups in total. The highest BCUT2D eigenvalue weighted by Gasteiger charge is 2.37. The lowest BCUT2D eigenvalue weighted by atomic mass is 10.1. The Morgan fingerprint density at radius 1 is 1.64 bits per heavy atom. The van der Waals surface area contributed by atoms with Crippen LogP contribution >= 0.6 is 11.6 Å². The number of aryl methyl sites for hydroxylation is 1. The smallest absolute Gasteiger partial charge is 0.0817 e. The maximum Gasteiger partial charge on any atom is 0.0817 e. The maximum atomic E-state index is 6.01. The summed E-state index contributed by atoms with van der Waals surface area (Å²) in [7, 11) is 1.93. The van der Waals surface area contributed by atoms with Gasteiger partial charge in [0.2, 0.25) is 0 Å². The van der Waals surface area contributed by atoms with Gasteiger partial charge in [0.1, 0.15) is 0 Å². The van der Waals surface area contributed by atoms with Crippen LogP contribution in [-0.2, 0) is 13.5 Å². The van der Waals surface area contributed by atoms with Crippen LogP contribution in [-0.4, -0.2) is 15.3 Å². The van der Waals surface area contributed by atoms with Gasteiger partial charge in [-0.25, -0.2) is 0 Å². The second-order valence-corrected chi connectivity index (χ2v) is 4.69. The van der Waals surface area contributed by atoms with Gasteiger partial charge in [-0.05, 0) is 32.1 Å². The Bertz CT molecular complexity index is 309. The molecule has 2 rings (SSSR count). The van der Waals surface area contributed by atoms with E-state index >= 15 is 0 Å². The second-order valence-electron chi connectivity index (χ2n) is 4.28. The van der Waals surface area contributed by atoms with E-state index in [-0.39, 0.29) is 5.54 Å². The van der Waals surface area contributed by atoms with Gasteiger partial charge in [0.15, 0.2) is 0 Å². The van der Waals surface area contributed by atoms with Gasteiger partial charge < -0.3 is 5.73 Å². The average molecular weight is 214 g/mol. The lowest BCUT2D eigenvalue weighted by Crippen LogP contribution is -2.21. The standard InChI is InChI=1S/C10H16ClN3/c1-14-9(8(11)7-13-14)3-2-4-10(12)5-6-10/h7H,2-6,12H2,1H3. The molecule has 0 saturated heterocycles. The van der Waals surface area contributed by atoms with E-state index in [1.807, 2.05) is 11.7 Å². The largest absolute Gasteiger partial charge is 0.325 e. The number of hydrogen-bond donors (Lipinski definition) is 1. The van der Waals surface area contributed by atoms with Crippen molar-refractivity contribution >= 4 is 11.6 Å². The zero-order valence-corrected chi connectivity index (χ0v) is 9.22. The number of nitrogens with zero attached hydrogens (tertiary/aromatic N) is 2. The highest BCUT2D eigenvalue weighted by Crippen LogP contribution is 2.37. The fourth-order valence-electron chi connectivity index (χ4n) is 1.74. The molecular formula is C10H16ClN3. The molecule has 1 aliphatic carbocycles. The Balaban J connectivity index is 1.85. The van der Waals surface area contributed by atoms with E-state index < -0.39 is 0 Å². The van der Waals surface area contributed by atoms with Gasteiger partial charge in [0, 0.05) is 12.6 Å². The summed E-state index contributed by atoms with van der Waals surface area (Å²) >= 11 is 6.00. The van der Waals surface area contributed by atoms with Crippen molar-refractivity contribution in [3.05, 3.63) is 16.9 Å². The molecule has 0 spiro atoms. The van der Waals surface area contributed by atoms with Crippen molar-refractivity contribution in [1.82, 2.24) is 9.78 Å². The van der Waals surface area contributed by atoms with Crippen molar-refractivity contribution in [3.8, 4) is 0 Å². The van der Waals surface area contributed by atoms with E-state index in [0.29, 0.717) is 0 Å². The Morgan fingerprint density at radius 3 is 2.86 bits per heavy atom. The summed E-state index contributed by atoms with van der Waals surface area (Å²) in [5.74, 6) is 0. The van der Waals surface area contributed by atoms with Gasteiger partial charge in [0.25, 0.3) is 0 Å². The predicted molar refractivity (Wildman–Crippen MR) is 57.3 cm³/mol. The molecule has 0 amide bonds. The molecule has 1 aliphatic rings. The fourth-order valence-corrected chi connectivity index (χ4v) is 2.00. The second kappa shape index (κ2) is 3.55. The monoisotopic (exact) mass is 213 g/mol. The quantitative estimate of drug-likeness (QED) is 0.830. The van der Waals surface area contributed by atoms with E-state index in [0.717, 1.165) is 30.0 Å². The minimum Gasteiger partial charge on any atom is -0.325 e. The van der Waals surface area contributed by atoms with Gasteiger partial charge in [-0.2, -0.15) is 5.10 Å². The van der Waals surface area contributed by atoms with Crippen LogP contribution in [0, 0.1) is 0 Å². The summed E-state index contributed by atoms with van der Waals surface area (Å²) in [5.41, 5.74) is 7.29. The topological polar surface area (TPSA) is 43.8 Å². The normalized spacial score (nSPS) is 18.5. The van der Waals surface area contributed by atoms with E-state index in [2.05, 4.69) is 5.10 Å². The van der Waals surface area contributed by atoms with Crippen molar-refractivity contribution in [2.75, 3.05) is 0 Å². The van der Waals surface area contributed by atoms with E-state index in [9.17, 15) is 0 Å². The van der Waals surface area contributed by atoms with Crippen LogP contribution in [0.15, 0.2) is 6.20 Å². The molecule has 0 unspecified atom stereocenters. The maximum absolute atomic E-state index is 6.01. The molecule has 4 heteroatoms. The number of hydrogen-bond acceptors (Lipinski definition) is 2. The first-order valence-electron chi connectivity index (χ1n) is 5.06. The minimum absolute atomic E-state index is 0.158. The average Bonchev–Trinajstić information content (AvgIpc) is 2.79. The molecule has 14 heavy (non-hydrogen) atoms. The van der Waals surface area contributed by atoms with E-state index in [4.69, 9.17) is 17.3 Å². The van der Waals surface area contributed by atoms with Crippen molar-refractivity contribution in [1.29, 1.82) is 0 Å². The van der Waals surface area contributed by atoms with Crippen molar-refractivity contribution in [2.24, 2.45) is 12.8 Å². The summed E-state index contributed by atoms with van der Waals surface area (Å²) in [6.45, 7) is 0. The molecule has 3 nitrogen and oxygen atoms in total. The first-order chi connectivity index (χ1) is 6.61. The van der Waals surface area contributed by atoms with Gasteiger partial charge in [-0.3, -0.25) is 4.68 Å². The molecule has 1 heterocycles. The minimum atomic E-state index is 0.158. The van der Waals surface area contributed by atoms with Crippen molar-refractivity contribution < 1.29 is 0 Å². The molecule has 78 valence electrons. The third-order valence-corrected chi connectivity index (χ3v) is 3.31. The molecule has 1 fully saturated rings. The summed E-state index contributed by atoms with van der Waals surface area (Å²) in [4.78, 5) is 0. The number of aromatic nitrogens is 2. The third-order valence-electron chi connectivity index (χ3n) is 2.99. The van der Waals surface area contributed by atoms with Crippen LogP contribution < -0.4 is 5.73 Å². The zero-order valence-electron chi connectivity index (χ0n) is 8.46. The number of rotatable bonds is 4. The summed E-state index contributed by atoms with van der Waals surface area (Å²) in [6.07, 6.45) is 7.27. The van der Waals surface area contributed by atoms with E-state index in [1.165, 1.54) is 12.8 Å². The molecule has 0 aliphatic heterocycles. The lowest BCUT2D eigenvalue weighted by molar-refractivity contribution is 0.562. The van der Waals surface area contributed by atoms with Crippen molar-refractivity contribution in [2.45, 2.75) is 37.6 Å². The third kappa shape index (κ3) is 2.10. The Labute approximate surface area is 89.2 Å². The molecule has 1 saturated carbocycles. The van der Waals surface area contributed by atoms with E-state index in [1.54, 1.807) is 6.20 Å². The van der Waals surface area contributed by atoms with Crippen LogP contribution in [0.4, 0.5) is 0 Å². The van der Waals surface area contributed by atoms with Gasteiger partial charge >= 0.3 is 0 Å². The lowest BCUT2D eigenvalue weighted by Gasteiger charge is -2.08. The van der Waals surface area contributed by atoms with Gasteiger partial charge in [-0.1, -0.05) is 11.6 Å². The van der Waals surface area contributed by atoms with Crippen LogP contribution in [0.5, 0.6) is 0 Å².